The zero-order valence-electron chi connectivity index (χ0n) is 24.3. The van der Waals surface area contributed by atoms with Crippen molar-refractivity contribution in [3.8, 4) is 6.19 Å². The molecule has 0 bridgehead atoms. The lowest BCUT2D eigenvalue weighted by Crippen LogP contribution is -2.43. The Kier molecular flexibility index (Phi) is 9.84. The topological polar surface area (TPSA) is 142 Å². The minimum atomic E-state index is -5.23. The number of rotatable bonds is 12. The first-order chi connectivity index (χ1) is 21.2. The highest BCUT2D eigenvalue weighted by Gasteiger charge is 2.42. The Morgan fingerprint density at radius 1 is 1.00 bits per heavy atom. The minimum absolute atomic E-state index is 0.000672. The highest BCUT2D eigenvalue weighted by molar-refractivity contribution is 7.92. The number of anilines is 1. The highest BCUT2D eigenvalue weighted by Crippen LogP contribution is 2.28. The van der Waals surface area contributed by atoms with Crippen LogP contribution in [0.3, 0.4) is 0 Å². The Balaban J connectivity index is 1.48. The number of carbonyl (C=O) groups is 2. The number of hydrogen-bond donors (Lipinski definition) is 3. The molecule has 0 saturated carbocycles. The Bertz CT molecular complexity index is 1830. The minimum Gasteiger partial charge on any atom is -0.449 e. The van der Waals surface area contributed by atoms with Gasteiger partial charge in [0.05, 0.1) is 4.90 Å². The first kappa shape index (κ1) is 33.0. The number of aromatic nitrogens is 1. The number of nitrogens with one attached hydrogen (secondary N) is 3. The van der Waals surface area contributed by atoms with Gasteiger partial charge < -0.3 is 14.6 Å². The molecule has 0 spiro atoms. The van der Waals surface area contributed by atoms with Crippen molar-refractivity contribution >= 4 is 38.5 Å². The third kappa shape index (κ3) is 8.62. The first-order valence-electron chi connectivity index (χ1n) is 13.7. The first-order valence-corrected chi connectivity index (χ1v) is 15.2. The molecule has 1 atom stereocenters. The van der Waals surface area contributed by atoms with Gasteiger partial charge in [-0.1, -0.05) is 30.3 Å². The quantitative estimate of drug-likeness (QED) is 0.109. The summed E-state index contributed by atoms with van der Waals surface area (Å²) in [5.74, 6) is -2.89. The van der Waals surface area contributed by atoms with Gasteiger partial charge in [-0.05, 0) is 74.4 Å². The molecule has 3 aromatic carbocycles. The van der Waals surface area contributed by atoms with Crippen LogP contribution in [-0.2, 0) is 26.1 Å². The number of carbonyl (C=O) groups excluding carboxylic acids is 2. The van der Waals surface area contributed by atoms with Crippen LogP contribution >= 0.6 is 0 Å². The molecule has 0 radical (unpaired) electrons. The second-order valence-corrected chi connectivity index (χ2v) is 12.5. The monoisotopic (exact) mass is 641 g/mol. The summed E-state index contributed by atoms with van der Waals surface area (Å²) in [4.78, 5) is 23.8. The average Bonchev–Trinajstić information content (AvgIpc) is 3.40. The molecular formula is C31H30F3N5O5S. The molecule has 0 unspecified atom stereocenters. The summed E-state index contributed by atoms with van der Waals surface area (Å²) >= 11 is 0. The molecule has 1 aromatic heterocycles. The van der Waals surface area contributed by atoms with Crippen molar-refractivity contribution in [2.24, 2.45) is 0 Å². The van der Waals surface area contributed by atoms with Crippen molar-refractivity contribution in [1.29, 1.82) is 5.26 Å². The number of fused-ring (bicyclic) bond motifs is 1. The number of aryl methyl sites for hydroxylation is 1. The molecule has 1 amide bonds. The van der Waals surface area contributed by atoms with Crippen molar-refractivity contribution in [3.63, 3.8) is 0 Å². The van der Waals surface area contributed by atoms with E-state index in [0.717, 1.165) is 10.9 Å². The van der Waals surface area contributed by atoms with E-state index in [1.807, 2.05) is 30.7 Å². The summed E-state index contributed by atoms with van der Waals surface area (Å²) in [6.45, 7) is 3.98. The number of esters is 1. The van der Waals surface area contributed by atoms with E-state index in [2.05, 4.69) is 15.4 Å². The van der Waals surface area contributed by atoms with Crippen molar-refractivity contribution in [3.05, 3.63) is 96.2 Å². The van der Waals surface area contributed by atoms with Gasteiger partial charge in [-0.25, -0.2) is 13.2 Å². The molecule has 10 nitrogen and oxygen atoms in total. The zero-order chi connectivity index (χ0) is 32.8. The Labute approximate surface area is 257 Å². The molecule has 4 aromatic rings. The van der Waals surface area contributed by atoms with E-state index >= 15 is 0 Å². The van der Waals surface area contributed by atoms with Crippen molar-refractivity contribution in [2.75, 3.05) is 11.3 Å². The number of ether oxygens (including phenoxy) is 1. The van der Waals surface area contributed by atoms with Crippen LogP contribution < -0.4 is 15.4 Å². The maximum Gasteiger partial charge on any atom is 0.490 e. The van der Waals surface area contributed by atoms with Crippen LogP contribution in [0.4, 0.5) is 18.9 Å². The van der Waals surface area contributed by atoms with Gasteiger partial charge in [0.2, 0.25) is 0 Å². The predicted octanol–water partition coefficient (Wildman–Crippen LogP) is 5.26. The molecule has 236 valence electrons. The Hall–Kier alpha value is -4.87. The third-order valence-corrected chi connectivity index (χ3v) is 8.39. The fourth-order valence-electron chi connectivity index (χ4n) is 4.56. The summed E-state index contributed by atoms with van der Waals surface area (Å²) in [6, 6.07) is 20.1. The van der Waals surface area contributed by atoms with Crippen LogP contribution in [0.1, 0.15) is 42.3 Å². The predicted molar refractivity (Wildman–Crippen MR) is 160 cm³/mol. The maximum atomic E-state index is 13.2. The van der Waals surface area contributed by atoms with Crippen LogP contribution in [-0.4, -0.2) is 43.1 Å². The van der Waals surface area contributed by atoms with Gasteiger partial charge in [0.25, 0.3) is 15.9 Å². The fraction of sp³-hybridized carbons (Fsp3) is 0.258. The van der Waals surface area contributed by atoms with Crippen LogP contribution in [0.25, 0.3) is 10.9 Å². The smallest absolute Gasteiger partial charge is 0.449 e. The molecule has 45 heavy (non-hydrogen) atoms. The van der Waals surface area contributed by atoms with Crippen molar-refractivity contribution < 1.29 is 35.9 Å². The van der Waals surface area contributed by atoms with E-state index in [-0.39, 0.29) is 22.7 Å². The number of benzene rings is 3. The van der Waals surface area contributed by atoms with E-state index in [1.165, 1.54) is 36.4 Å². The molecule has 0 saturated heterocycles. The number of halogens is 3. The number of alkyl halides is 3. The lowest BCUT2D eigenvalue weighted by atomic mass is 9.99. The lowest BCUT2D eigenvalue weighted by Gasteiger charge is -2.30. The largest absolute Gasteiger partial charge is 0.490 e. The van der Waals surface area contributed by atoms with E-state index < -0.39 is 39.7 Å². The lowest BCUT2D eigenvalue weighted by molar-refractivity contribution is -0.205. The molecule has 3 N–H and O–H groups in total. The van der Waals surface area contributed by atoms with Crippen LogP contribution in [0.5, 0.6) is 0 Å². The summed E-state index contributed by atoms with van der Waals surface area (Å²) in [5.41, 5.74) is 0.748. The van der Waals surface area contributed by atoms with Crippen molar-refractivity contribution in [1.82, 2.24) is 15.2 Å². The third-order valence-electron chi connectivity index (χ3n) is 6.99. The molecule has 4 rings (SSSR count). The van der Waals surface area contributed by atoms with E-state index in [1.54, 1.807) is 42.6 Å². The van der Waals surface area contributed by atoms with E-state index in [9.17, 15) is 31.2 Å². The maximum absolute atomic E-state index is 13.2. The van der Waals surface area contributed by atoms with E-state index in [0.29, 0.717) is 18.5 Å². The summed E-state index contributed by atoms with van der Waals surface area (Å²) < 4.78 is 74.3. The number of nitrogens with zero attached hydrogens (tertiary/aromatic N) is 2. The standard InChI is InChI=1S/C31H30F3N5O5S/c1-30(2,14-16-39-15-13-21-17-23(11-12-26(21)39)28(40)36-20-35)37-19-27(44-29(41)31(32,33)34)22-7-6-8-24(18-22)38-45(42,43)25-9-4-3-5-10-25/h3-13,15,17-18,27,37-38H,14,16,19H2,1-2H3,(H,36,40)/t27-/m0/s1. The molecule has 0 aliphatic carbocycles. The molecular weight excluding hydrogens is 611 g/mol. The molecule has 0 fully saturated rings. The summed E-state index contributed by atoms with van der Waals surface area (Å²) in [5, 5.41) is 14.7. The van der Waals surface area contributed by atoms with Gasteiger partial charge >= 0.3 is 12.1 Å². The van der Waals surface area contributed by atoms with Gasteiger partial charge in [-0.2, -0.15) is 18.4 Å². The van der Waals surface area contributed by atoms with Gasteiger partial charge in [-0.3, -0.25) is 14.8 Å². The molecule has 0 aliphatic rings. The molecule has 1 heterocycles. The fourth-order valence-corrected chi connectivity index (χ4v) is 5.63. The number of amides is 1. The van der Waals surface area contributed by atoms with E-state index in [4.69, 9.17) is 10.00 Å². The Morgan fingerprint density at radius 3 is 2.42 bits per heavy atom. The van der Waals surface area contributed by atoms with Gasteiger partial charge in [0.1, 0.15) is 6.10 Å². The van der Waals surface area contributed by atoms with Gasteiger partial charge in [0.15, 0.2) is 6.19 Å². The number of sulfonamides is 1. The van der Waals surface area contributed by atoms with Gasteiger partial charge in [0, 0.05) is 47.0 Å². The van der Waals surface area contributed by atoms with Crippen LogP contribution in [0, 0.1) is 11.5 Å². The molecule has 0 aliphatic heterocycles. The van der Waals surface area contributed by atoms with Crippen LogP contribution in [0.15, 0.2) is 90.0 Å². The number of nitriles is 1. The van der Waals surface area contributed by atoms with Crippen molar-refractivity contribution in [2.45, 2.75) is 49.5 Å². The summed E-state index contributed by atoms with van der Waals surface area (Å²) in [6.07, 6.45) is -2.69. The average molecular weight is 642 g/mol. The second-order valence-electron chi connectivity index (χ2n) is 10.8. The summed E-state index contributed by atoms with van der Waals surface area (Å²) in [7, 11) is -3.98. The highest BCUT2D eigenvalue weighted by atomic mass is 32.2. The second kappa shape index (κ2) is 13.4. The normalized spacial score (nSPS) is 12.7. The SMILES string of the molecule is CC(C)(CCn1ccc2cc(C(=O)NC#N)ccc21)NC[C@H](OC(=O)C(F)(F)F)c1cccc(NS(=O)(=O)c2ccccc2)c1. The zero-order valence-corrected chi connectivity index (χ0v) is 25.1. The molecule has 14 heteroatoms. The van der Waals surface area contributed by atoms with Gasteiger partial charge in [-0.15, -0.1) is 0 Å². The number of hydrogen-bond acceptors (Lipinski definition) is 7. The van der Waals surface area contributed by atoms with Crippen LogP contribution in [0.2, 0.25) is 0 Å². The Morgan fingerprint density at radius 2 is 1.73 bits per heavy atom.